The van der Waals surface area contributed by atoms with Crippen molar-refractivity contribution in [2.75, 3.05) is 24.5 Å². The summed E-state index contributed by atoms with van der Waals surface area (Å²) >= 11 is 0. The SMILES string of the molecule is O=C(c1cc(N2CCCCC2)ccn1)N(O)CCCC1C=CC=CC1. The lowest BCUT2D eigenvalue weighted by atomic mass is 9.96. The van der Waals surface area contributed by atoms with E-state index < -0.39 is 5.91 Å². The first-order valence-electron chi connectivity index (χ1n) is 9.29. The van der Waals surface area contributed by atoms with Crippen molar-refractivity contribution in [1.82, 2.24) is 10.0 Å². The van der Waals surface area contributed by atoms with Crippen molar-refractivity contribution >= 4 is 11.6 Å². The Morgan fingerprint density at radius 1 is 1.28 bits per heavy atom. The van der Waals surface area contributed by atoms with Crippen molar-refractivity contribution in [2.24, 2.45) is 5.92 Å². The van der Waals surface area contributed by atoms with Gasteiger partial charge >= 0.3 is 0 Å². The summed E-state index contributed by atoms with van der Waals surface area (Å²) in [6.07, 6.45) is 16.5. The van der Waals surface area contributed by atoms with Crippen LogP contribution in [0.25, 0.3) is 0 Å². The van der Waals surface area contributed by atoms with Crippen molar-refractivity contribution in [1.29, 1.82) is 0 Å². The molecule has 0 radical (unpaired) electrons. The lowest BCUT2D eigenvalue weighted by molar-refractivity contribution is -0.0595. The average Bonchev–Trinajstić information content (AvgIpc) is 2.69. The third-order valence-corrected chi connectivity index (χ3v) is 4.93. The Hall–Kier alpha value is -2.14. The molecule has 2 heterocycles. The minimum Gasteiger partial charge on any atom is -0.371 e. The lowest BCUT2D eigenvalue weighted by Crippen LogP contribution is -2.31. The topological polar surface area (TPSA) is 56.7 Å². The van der Waals surface area contributed by atoms with Gasteiger partial charge in [-0.15, -0.1) is 0 Å². The molecule has 1 atom stereocenters. The second-order valence-corrected chi connectivity index (χ2v) is 6.83. The summed E-state index contributed by atoms with van der Waals surface area (Å²) in [5.74, 6) is 0.0898. The molecule has 1 aliphatic heterocycles. The number of pyridine rings is 1. The highest BCUT2D eigenvalue weighted by atomic mass is 16.5. The van der Waals surface area contributed by atoms with Crippen LogP contribution in [0.3, 0.4) is 0 Å². The molecule has 1 aromatic heterocycles. The van der Waals surface area contributed by atoms with Crippen molar-refractivity contribution in [3.8, 4) is 0 Å². The summed E-state index contributed by atoms with van der Waals surface area (Å²) in [7, 11) is 0. The smallest absolute Gasteiger partial charge is 0.295 e. The predicted octanol–water partition coefficient (Wildman–Crippen LogP) is 3.82. The maximum Gasteiger partial charge on any atom is 0.295 e. The molecule has 1 saturated heterocycles. The minimum absolute atomic E-state index is 0.311. The fraction of sp³-hybridized carbons (Fsp3) is 0.500. The normalized spacial score (nSPS) is 19.9. The van der Waals surface area contributed by atoms with Gasteiger partial charge in [0.2, 0.25) is 0 Å². The van der Waals surface area contributed by atoms with Crippen LogP contribution in [0.5, 0.6) is 0 Å². The van der Waals surface area contributed by atoms with Crippen LogP contribution in [0.4, 0.5) is 5.69 Å². The molecule has 1 aliphatic carbocycles. The number of rotatable bonds is 6. The second-order valence-electron chi connectivity index (χ2n) is 6.83. The number of hydroxylamine groups is 2. The summed E-state index contributed by atoms with van der Waals surface area (Å²) in [6, 6.07) is 3.73. The van der Waals surface area contributed by atoms with Gasteiger partial charge in [0.15, 0.2) is 0 Å². The van der Waals surface area contributed by atoms with E-state index in [9.17, 15) is 10.0 Å². The second kappa shape index (κ2) is 8.81. The fourth-order valence-electron chi connectivity index (χ4n) is 3.47. The highest BCUT2D eigenvalue weighted by molar-refractivity contribution is 5.92. The molecule has 3 rings (SSSR count). The number of hydrogen-bond acceptors (Lipinski definition) is 4. The Morgan fingerprint density at radius 3 is 2.88 bits per heavy atom. The van der Waals surface area contributed by atoms with Crippen LogP contribution in [0.15, 0.2) is 42.6 Å². The van der Waals surface area contributed by atoms with Gasteiger partial charge in [-0.1, -0.05) is 24.3 Å². The zero-order valence-electron chi connectivity index (χ0n) is 14.7. The molecule has 0 saturated carbocycles. The summed E-state index contributed by atoms with van der Waals surface area (Å²) in [5.41, 5.74) is 1.33. The Balaban J connectivity index is 1.52. The van der Waals surface area contributed by atoms with Gasteiger partial charge in [-0.25, -0.2) is 5.06 Å². The molecule has 5 nitrogen and oxygen atoms in total. The fourth-order valence-corrected chi connectivity index (χ4v) is 3.47. The van der Waals surface area contributed by atoms with E-state index in [0.717, 1.165) is 43.1 Å². The number of aromatic nitrogens is 1. The molecule has 1 unspecified atom stereocenters. The van der Waals surface area contributed by atoms with E-state index in [1.54, 1.807) is 12.3 Å². The molecule has 1 N–H and O–H groups in total. The molecule has 1 aromatic rings. The van der Waals surface area contributed by atoms with Gasteiger partial charge in [-0.05, 0) is 56.6 Å². The Labute approximate surface area is 149 Å². The number of anilines is 1. The van der Waals surface area contributed by atoms with E-state index in [1.165, 1.54) is 19.3 Å². The molecular formula is C20H27N3O2. The maximum absolute atomic E-state index is 12.4. The van der Waals surface area contributed by atoms with Gasteiger partial charge in [0.05, 0.1) is 0 Å². The zero-order chi connectivity index (χ0) is 17.5. The van der Waals surface area contributed by atoms with Gasteiger partial charge in [0, 0.05) is 31.5 Å². The number of hydrogen-bond donors (Lipinski definition) is 1. The average molecular weight is 341 g/mol. The van der Waals surface area contributed by atoms with Gasteiger partial charge in [0.1, 0.15) is 5.69 Å². The summed E-state index contributed by atoms with van der Waals surface area (Å²) in [5, 5.41) is 10.9. The van der Waals surface area contributed by atoms with Crippen molar-refractivity contribution < 1.29 is 10.0 Å². The summed E-state index contributed by atoms with van der Waals surface area (Å²) < 4.78 is 0. The standard InChI is InChI=1S/C20H27N3O2/c24-20(23(25)15-7-10-17-8-3-1-4-9-17)19-16-18(11-12-21-19)22-13-5-2-6-14-22/h1,3-4,8,11-12,16-17,25H,2,5-7,9-10,13-15H2. The van der Waals surface area contributed by atoms with Crippen LogP contribution in [0, 0.1) is 5.92 Å². The third kappa shape index (κ3) is 4.92. The molecule has 0 spiro atoms. The van der Waals surface area contributed by atoms with Crippen LogP contribution in [-0.4, -0.2) is 40.8 Å². The van der Waals surface area contributed by atoms with E-state index >= 15 is 0 Å². The van der Waals surface area contributed by atoms with Crippen molar-refractivity contribution in [2.45, 2.75) is 38.5 Å². The van der Waals surface area contributed by atoms with Crippen LogP contribution < -0.4 is 4.90 Å². The number of amides is 1. The van der Waals surface area contributed by atoms with E-state index in [4.69, 9.17) is 0 Å². The maximum atomic E-state index is 12.4. The first-order valence-corrected chi connectivity index (χ1v) is 9.29. The van der Waals surface area contributed by atoms with E-state index in [-0.39, 0.29) is 0 Å². The molecule has 134 valence electrons. The molecule has 2 aliphatic rings. The molecule has 5 heteroatoms. The van der Waals surface area contributed by atoms with Crippen molar-refractivity contribution in [3.05, 3.63) is 48.3 Å². The number of carbonyl (C=O) groups excluding carboxylic acids is 1. The molecule has 0 bridgehead atoms. The molecular weight excluding hydrogens is 314 g/mol. The van der Waals surface area contributed by atoms with E-state index in [0.29, 0.717) is 18.2 Å². The largest absolute Gasteiger partial charge is 0.371 e. The van der Waals surface area contributed by atoms with E-state index in [1.807, 2.05) is 6.07 Å². The first kappa shape index (κ1) is 17.7. The van der Waals surface area contributed by atoms with Gasteiger partial charge in [-0.2, -0.15) is 0 Å². The quantitative estimate of drug-likeness (QED) is 0.631. The zero-order valence-corrected chi connectivity index (χ0v) is 14.7. The summed E-state index contributed by atoms with van der Waals surface area (Å²) in [4.78, 5) is 18.9. The van der Waals surface area contributed by atoms with Crippen LogP contribution in [0.1, 0.15) is 49.0 Å². The highest BCUT2D eigenvalue weighted by Gasteiger charge is 2.18. The highest BCUT2D eigenvalue weighted by Crippen LogP contribution is 2.21. The molecule has 1 amide bonds. The van der Waals surface area contributed by atoms with Gasteiger partial charge in [0.25, 0.3) is 5.91 Å². The Kier molecular flexibility index (Phi) is 6.23. The molecule has 25 heavy (non-hydrogen) atoms. The summed E-state index contributed by atoms with van der Waals surface area (Å²) in [6.45, 7) is 2.37. The number of nitrogens with zero attached hydrogens (tertiary/aromatic N) is 3. The Bertz CT molecular complexity index is 636. The predicted molar refractivity (Wildman–Crippen MR) is 98.7 cm³/mol. The van der Waals surface area contributed by atoms with Gasteiger partial charge in [-0.3, -0.25) is 15.0 Å². The van der Waals surface area contributed by atoms with Gasteiger partial charge < -0.3 is 4.90 Å². The number of piperidine rings is 1. The van der Waals surface area contributed by atoms with Crippen LogP contribution in [-0.2, 0) is 0 Å². The number of carbonyl (C=O) groups is 1. The molecule has 0 aromatic carbocycles. The van der Waals surface area contributed by atoms with Crippen LogP contribution in [0.2, 0.25) is 0 Å². The van der Waals surface area contributed by atoms with Crippen molar-refractivity contribution in [3.63, 3.8) is 0 Å². The van der Waals surface area contributed by atoms with E-state index in [2.05, 4.69) is 34.2 Å². The number of allylic oxidation sites excluding steroid dienone is 4. The first-order chi connectivity index (χ1) is 12.2. The Morgan fingerprint density at radius 2 is 2.12 bits per heavy atom. The minimum atomic E-state index is -0.419. The lowest BCUT2D eigenvalue weighted by Gasteiger charge is -2.29. The third-order valence-electron chi connectivity index (χ3n) is 4.93. The molecule has 1 fully saturated rings. The monoisotopic (exact) mass is 341 g/mol. The van der Waals surface area contributed by atoms with Crippen LogP contribution >= 0.6 is 0 Å².